The fraction of sp³-hybridized carbons (Fsp3) is 0.920. The molecule has 0 spiro atoms. The SMILES string of the molecule is CN[C@@H]1[C@@H](O)[C@@H](O[C@@H]2C(O)[C@H](O[C@H]3OC(CNCC4CCNCC4)=CC[C@H]3N)[C@@H](N)C[C@H]2N)OC[C@]1(C)O. The van der Waals surface area contributed by atoms with Crippen molar-refractivity contribution in [3.8, 4) is 0 Å². The summed E-state index contributed by atoms with van der Waals surface area (Å²) in [7, 11) is 1.63. The summed E-state index contributed by atoms with van der Waals surface area (Å²) in [5.74, 6) is 1.39. The highest BCUT2D eigenvalue weighted by Crippen LogP contribution is 2.31. The Morgan fingerprint density at radius 1 is 1.05 bits per heavy atom. The van der Waals surface area contributed by atoms with Crippen molar-refractivity contribution in [2.24, 2.45) is 23.1 Å². The smallest absolute Gasteiger partial charge is 0.215 e. The molecule has 38 heavy (non-hydrogen) atoms. The Morgan fingerprint density at radius 2 is 1.71 bits per heavy atom. The number of hydrogen-bond acceptors (Lipinski definition) is 13. The topological polar surface area (TPSA) is 212 Å². The molecule has 1 unspecified atom stereocenters. The van der Waals surface area contributed by atoms with Crippen molar-refractivity contribution < 1.29 is 34.3 Å². The zero-order valence-corrected chi connectivity index (χ0v) is 22.5. The normalized spacial score (nSPS) is 44.9. The number of rotatable bonds is 9. The van der Waals surface area contributed by atoms with Crippen LogP contribution in [-0.4, -0.2) is 122 Å². The second kappa shape index (κ2) is 13.1. The van der Waals surface area contributed by atoms with Crippen LogP contribution in [0.5, 0.6) is 0 Å². The van der Waals surface area contributed by atoms with E-state index < -0.39 is 66.8 Å². The van der Waals surface area contributed by atoms with Crippen LogP contribution < -0.4 is 33.2 Å². The molecule has 0 radical (unpaired) electrons. The van der Waals surface area contributed by atoms with Crippen LogP contribution in [0.15, 0.2) is 11.8 Å². The Labute approximate surface area is 224 Å². The standard InChI is InChI=1S/C25H48N6O7/c1-25(34)12-35-24(19(33)22(25)29-2)38-21-17(28)9-16(27)20(18(21)32)37-23-15(26)4-3-14(36-23)11-31-10-13-5-7-30-8-6-13/h3,13,15-24,29-34H,4-12,26-28H2,1-2H3/t15-,16+,17-,18?,19-,20-,21+,22-,23-,24-,25+/m1/s1. The fourth-order valence-corrected chi connectivity index (χ4v) is 5.91. The first-order valence-electron chi connectivity index (χ1n) is 13.8. The van der Waals surface area contributed by atoms with E-state index in [0.29, 0.717) is 25.3 Å². The average molecular weight is 545 g/mol. The van der Waals surface area contributed by atoms with Gasteiger partial charge in [-0.05, 0) is 71.3 Å². The van der Waals surface area contributed by atoms with Crippen LogP contribution in [0, 0.1) is 5.92 Å². The Morgan fingerprint density at radius 3 is 2.37 bits per heavy atom. The molecule has 0 bridgehead atoms. The Kier molecular flexibility index (Phi) is 10.4. The highest BCUT2D eigenvalue weighted by atomic mass is 16.7. The number of nitrogens with one attached hydrogen (secondary N) is 3. The third-order valence-corrected chi connectivity index (χ3v) is 8.21. The summed E-state index contributed by atoms with van der Waals surface area (Å²) in [6.45, 7) is 5.09. The lowest BCUT2D eigenvalue weighted by atomic mass is 9.84. The van der Waals surface area contributed by atoms with Gasteiger partial charge in [-0.25, -0.2) is 0 Å². The lowest BCUT2D eigenvalue weighted by Crippen LogP contribution is -2.68. The maximum absolute atomic E-state index is 11.2. The number of aliphatic hydroxyl groups is 3. The van der Waals surface area contributed by atoms with Crippen LogP contribution in [0.2, 0.25) is 0 Å². The van der Waals surface area contributed by atoms with E-state index in [1.165, 1.54) is 0 Å². The molecule has 3 heterocycles. The van der Waals surface area contributed by atoms with Gasteiger partial charge in [0, 0.05) is 12.1 Å². The molecule has 13 nitrogen and oxygen atoms in total. The van der Waals surface area contributed by atoms with Crippen molar-refractivity contribution in [2.75, 3.05) is 39.8 Å². The Hall–Kier alpha value is -0.940. The second-order valence-electron chi connectivity index (χ2n) is 11.4. The third kappa shape index (κ3) is 7.03. The fourth-order valence-electron chi connectivity index (χ4n) is 5.91. The zero-order valence-electron chi connectivity index (χ0n) is 22.5. The maximum atomic E-state index is 11.2. The molecule has 0 aromatic heterocycles. The molecule has 0 aromatic carbocycles. The minimum Gasteiger partial charge on any atom is -0.467 e. The summed E-state index contributed by atoms with van der Waals surface area (Å²) < 4.78 is 23.8. The highest BCUT2D eigenvalue weighted by Gasteiger charge is 2.50. The van der Waals surface area contributed by atoms with Crippen molar-refractivity contribution >= 4 is 0 Å². The predicted molar refractivity (Wildman–Crippen MR) is 140 cm³/mol. The first-order valence-corrected chi connectivity index (χ1v) is 13.8. The minimum atomic E-state index is -1.29. The van der Waals surface area contributed by atoms with Gasteiger partial charge in [0.25, 0.3) is 0 Å². The molecule has 12 N–H and O–H groups in total. The summed E-state index contributed by atoms with van der Waals surface area (Å²) in [6.07, 6.45) is -0.948. The summed E-state index contributed by atoms with van der Waals surface area (Å²) >= 11 is 0. The van der Waals surface area contributed by atoms with Crippen LogP contribution in [0.3, 0.4) is 0 Å². The molecule has 11 atom stereocenters. The lowest BCUT2D eigenvalue weighted by molar-refractivity contribution is -0.303. The lowest BCUT2D eigenvalue weighted by Gasteiger charge is -2.48. The van der Waals surface area contributed by atoms with Crippen LogP contribution in [-0.2, 0) is 18.9 Å². The molecule has 4 aliphatic rings. The molecule has 3 aliphatic heterocycles. The summed E-state index contributed by atoms with van der Waals surface area (Å²) in [5, 5.41) is 42.3. The van der Waals surface area contributed by atoms with Crippen LogP contribution in [0.25, 0.3) is 0 Å². The summed E-state index contributed by atoms with van der Waals surface area (Å²) in [6, 6.07) is -2.33. The predicted octanol–water partition coefficient (Wildman–Crippen LogP) is -3.22. The molecule has 0 amide bonds. The van der Waals surface area contributed by atoms with Gasteiger partial charge in [-0.2, -0.15) is 0 Å². The van der Waals surface area contributed by atoms with Gasteiger partial charge in [0.15, 0.2) is 6.29 Å². The van der Waals surface area contributed by atoms with Crippen molar-refractivity contribution in [3.63, 3.8) is 0 Å². The van der Waals surface area contributed by atoms with E-state index in [1.807, 2.05) is 6.08 Å². The molecular formula is C25H48N6O7. The van der Waals surface area contributed by atoms with Crippen LogP contribution in [0.1, 0.15) is 32.6 Å². The zero-order chi connectivity index (χ0) is 27.4. The van der Waals surface area contributed by atoms with Crippen LogP contribution in [0.4, 0.5) is 0 Å². The molecule has 3 fully saturated rings. The average Bonchev–Trinajstić information content (AvgIpc) is 2.88. The van der Waals surface area contributed by atoms with Gasteiger partial charge in [-0.1, -0.05) is 0 Å². The summed E-state index contributed by atoms with van der Waals surface area (Å²) in [4.78, 5) is 0. The van der Waals surface area contributed by atoms with E-state index >= 15 is 0 Å². The molecule has 2 saturated heterocycles. The number of likely N-dealkylation sites (N-methyl/N-ethyl adjacent to an activating group) is 1. The first kappa shape index (κ1) is 30.0. The highest BCUT2D eigenvalue weighted by molar-refractivity contribution is 5.05. The van der Waals surface area contributed by atoms with Gasteiger partial charge in [0.1, 0.15) is 35.8 Å². The molecule has 220 valence electrons. The van der Waals surface area contributed by atoms with Gasteiger partial charge < -0.3 is 67.4 Å². The Balaban J connectivity index is 1.33. The van der Waals surface area contributed by atoms with Gasteiger partial charge >= 0.3 is 0 Å². The van der Waals surface area contributed by atoms with Gasteiger partial charge in [0.2, 0.25) is 6.29 Å². The van der Waals surface area contributed by atoms with E-state index in [9.17, 15) is 15.3 Å². The van der Waals surface area contributed by atoms with Crippen LogP contribution >= 0.6 is 0 Å². The quantitative estimate of drug-likeness (QED) is 0.140. The molecule has 0 aromatic rings. The number of ether oxygens (including phenoxy) is 4. The van der Waals surface area contributed by atoms with Crippen molar-refractivity contribution in [1.82, 2.24) is 16.0 Å². The number of nitrogens with two attached hydrogens (primary N) is 3. The molecule has 1 aliphatic carbocycles. The van der Waals surface area contributed by atoms with Gasteiger partial charge in [-0.15, -0.1) is 0 Å². The molecule has 4 rings (SSSR count). The monoisotopic (exact) mass is 544 g/mol. The Bertz CT molecular complexity index is 785. The van der Waals surface area contributed by atoms with Crippen molar-refractivity contribution in [2.45, 2.75) is 99.4 Å². The van der Waals surface area contributed by atoms with E-state index in [0.717, 1.165) is 38.2 Å². The van der Waals surface area contributed by atoms with E-state index in [4.69, 9.17) is 36.1 Å². The summed E-state index contributed by atoms with van der Waals surface area (Å²) in [5.41, 5.74) is 17.7. The van der Waals surface area contributed by atoms with E-state index in [2.05, 4.69) is 16.0 Å². The third-order valence-electron chi connectivity index (χ3n) is 8.21. The number of hydrogen-bond donors (Lipinski definition) is 9. The number of piperidine rings is 1. The number of aliphatic hydroxyl groups excluding tert-OH is 2. The van der Waals surface area contributed by atoms with Gasteiger partial charge in [0.05, 0.1) is 25.2 Å². The van der Waals surface area contributed by atoms with Crippen molar-refractivity contribution in [3.05, 3.63) is 11.8 Å². The first-order chi connectivity index (χ1) is 18.1. The maximum Gasteiger partial charge on any atom is 0.215 e. The van der Waals surface area contributed by atoms with E-state index in [1.54, 1.807) is 14.0 Å². The molecular weight excluding hydrogens is 496 g/mol. The van der Waals surface area contributed by atoms with Crippen molar-refractivity contribution in [1.29, 1.82) is 0 Å². The largest absolute Gasteiger partial charge is 0.467 e. The van der Waals surface area contributed by atoms with Gasteiger partial charge in [-0.3, -0.25) is 0 Å². The molecule has 1 saturated carbocycles. The minimum absolute atomic E-state index is 0.0662. The molecule has 13 heteroatoms. The second-order valence-corrected chi connectivity index (χ2v) is 11.4. The van der Waals surface area contributed by atoms with E-state index in [-0.39, 0.29) is 6.61 Å².